The van der Waals surface area contributed by atoms with Crippen molar-refractivity contribution in [3.8, 4) is 23.3 Å². The number of aromatic nitrogens is 3. The van der Waals surface area contributed by atoms with Gasteiger partial charge in [0.15, 0.2) is 11.6 Å². The molecule has 2 aliphatic rings. The van der Waals surface area contributed by atoms with Gasteiger partial charge >= 0.3 is 12.1 Å². The lowest BCUT2D eigenvalue weighted by atomic mass is 9.94. The molecule has 5 heterocycles. The third-order valence-corrected chi connectivity index (χ3v) is 8.27. The number of carbonyl (C=O) groups excluding carboxylic acids is 1. The van der Waals surface area contributed by atoms with Crippen LogP contribution in [0.15, 0.2) is 12.4 Å². The highest BCUT2D eigenvalue weighted by atomic mass is 32.1. The maximum Gasteiger partial charge on any atom is 0.412 e. The van der Waals surface area contributed by atoms with E-state index in [0.29, 0.717) is 23.1 Å². The van der Waals surface area contributed by atoms with Crippen molar-refractivity contribution in [2.75, 3.05) is 25.5 Å². The van der Waals surface area contributed by atoms with Gasteiger partial charge in [0.25, 0.3) is 0 Å². The van der Waals surface area contributed by atoms with E-state index in [1.807, 2.05) is 13.1 Å². The van der Waals surface area contributed by atoms with Gasteiger partial charge in [-0.05, 0) is 51.9 Å². The smallest absolute Gasteiger partial charge is 0.412 e. The van der Waals surface area contributed by atoms with E-state index in [4.69, 9.17) is 14.2 Å². The molecule has 0 aliphatic carbocycles. The van der Waals surface area contributed by atoms with Crippen LogP contribution in [0.2, 0.25) is 0 Å². The molecule has 1 aromatic carbocycles. The summed E-state index contributed by atoms with van der Waals surface area (Å²) in [6.45, 7) is 6.72. The van der Waals surface area contributed by atoms with Crippen molar-refractivity contribution < 1.29 is 27.8 Å². The maximum atomic E-state index is 16.5. The number of rotatable bonds is 5. The average molecular weight is 581 g/mol. The van der Waals surface area contributed by atoms with E-state index in [-0.39, 0.29) is 62.7 Å². The third kappa shape index (κ3) is 4.81. The van der Waals surface area contributed by atoms with Gasteiger partial charge in [-0.15, -0.1) is 11.3 Å². The van der Waals surface area contributed by atoms with Gasteiger partial charge in [-0.1, -0.05) is 0 Å². The van der Waals surface area contributed by atoms with Crippen molar-refractivity contribution in [1.82, 2.24) is 19.9 Å². The second-order valence-electron chi connectivity index (χ2n) is 11.0. The van der Waals surface area contributed by atoms with Crippen molar-refractivity contribution in [3.05, 3.63) is 40.7 Å². The molecule has 0 spiro atoms. The number of likely N-dealkylation sites (N-methyl/N-ethyl adjacent to an activating group) is 1. The lowest BCUT2D eigenvalue weighted by Crippen LogP contribution is -2.48. The molecular weight excluding hydrogens is 554 g/mol. The van der Waals surface area contributed by atoms with E-state index in [1.54, 1.807) is 20.8 Å². The summed E-state index contributed by atoms with van der Waals surface area (Å²) in [7, 11) is 2.00. The fraction of sp³-hybridized carbons (Fsp3) is 0.393. The van der Waals surface area contributed by atoms with Gasteiger partial charge < -0.3 is 14.2 Å². The first-order chi connectivity index (χ1) is 19.6. The molecule has 1 N–H and O–H groups in total. The molecule has 1 atom stereocenters. The third-order valence-electron chi connectivity index (χ3n) is 7.15. The standard InChI is InChI=1S/C28H26F2N6O4S/c1-28(2,3)40-27(37)35-25-14(7-31)20-23(32-9-18(29)24(20)41-25)19-17-12-38-11-16(17)15-8-33-26(34-22(15)21(19)30)39-10-13-5-6-36(13)4/h8-9,13H,5-6,10-12H2,1-4H3,(H,35,37)/t13-/m0/s1. The number of amides is 1. The van der Waals surface area contributed by atoms with E-state index in [2.05, 4.69) is 25.2 Å². The van der Waals surface area contributed by atoms with Crippen molar-refractivity contribution in [1.29, 1.82) is 5.26 Å². The molecule has 41 heavy (non-hydrogen) atoms. The molecule has 0 bridgehead atoms. The highest BCUT2D eigenvalue weighted by molar-refractivity contribution is 7.23. The normalized spacial score (nSPS) is 16.9. The van der Waals surface area contributed by atoms with Gasteiger partial charge in [0, 0.05) is 28.6 Å². The number of carbonyl (C=O) groups is 1. The van der Waals surface area contributed by atoms with Crippen LogP contribution >= 0.6 is 11.3 Å². The topological polar surface area (TPSA) is 122 Å². The monoisotopic (exact) mass is 580 g/mol. The Morgan fingerprint density at radius 2 is 2.05 bits per heavy atom. The van der Waals surface area contributed by atoms with Gasteiger partial charge in [0.05, 0.1) is 35.4 Å². The minimum atomic E-state index is -0.807. The lowest BCUT2D eigenvalue weighted by Gasteiger charge is -2.37. The second kappa shape index (κ2) is 10.1. The highest BCUT2D eigenvalue weighted by Crippen LogP contribution is 2.45. The number of benzene rings is 1. The predicted octanol–water partition coefficient (Wildman–Crippen LogP) is 5.52. The number of ether oxygens (including phenoxy) is 3. The summed E-state index contributed by atoms with van der Waals surface area (Å²) in [5.41, 5.74) is 0.458. The lowest BCUT2D eigenvalue weighted by molar-refractivity contribution is 0.0636. The Hall–Kier alpha value is -3.99. The summed E-state index contributed by atoms with van der Waals surface area (Å²) in [4.78, 5) is 27.6. The predicted molar refractivity (Wildman–Crippen MR) is 148 cm³/mol. The van der Waals surface area contributed by atoms with Crippen LogP contribution in [0.25, 0.3) is 32.2 Å². The van der Waals surface area contributed by atoms with Gasteiger partial charge in [-0.25, -0.2) is 18.6 Å². The van der Waals surface area contributed by atoms with Crippen molar-refractivity contribution in [2.45, 2.75) is 52.0 Å². The van der Waals surface area contributed by atoms with E-state index in [1.165, 1.54) is 6.20 Å². The molecule has 3 aromatic heterocycles. The number of likely N-dealkylation sites (tertiary alicyclic amines) is 1. The zero-order valence-corrected chi connectivity index (χ0v) is 23.6. The van der Waals surface area contributed by atoms with Crippen LogP contribution in [0.5, 0.6) is 6.01 Å². The molecule has 6 rings (SSSR count). The van der Waals surface area contributed by atoms with E-state index in [0.717, 1.165) is 30.5 Å². The summed E-state index contributed by atoms with van der Waals surface area (Å²) in [6, 6.07) is 2.31. The molecule has 1 amide bonds. The number of halogens is 2. The van der Waals surface area contributed by atoms with Crippen LogP contribution in [0.4, 0.5) is 18.6 Å². The van der Waals surface area contributed by atoms with Crippen molar-refractivity contribution in [2.24, 2.45) is 0 Å². The van der Waals surface area contributed by atoms with E-state index < -0.39 is 23.3 Å². The Kier molecular flexibility index (Phi) is 6.72. The first-order valence-electron chi connectivity index (χ1n) is 13.0. The maximum absolute atomic E-state index is 16.5. The molecule has 4 aromatic rings. The van der Waals surface area contributed by atoms with Crippen molar-refractivity contribution >= 4 is 43.4 Å². The van der Waals surface area contributed by atoms with Gasteiger partial charge in [-0.2, -0.15) is 10.2 Å². The number of nitrogens with one attached hydrogen (secondary N) is 1. The molecule has 2 aliphatic heterocycles. The Morgan fingerprint density at radius 3 is 2.73 bits per heavy atom. The van der Waals surface area contributed by atoms with Crippen molar-refractivity contribution in [3.63, 3.8) is 0 Å². The average Bonchev–Trinajstić information content (AvgIpc) is 3.53. The number of anilines is 1. The molecular formula is C28H26F2N6O4S. The molecule has 1 fully saturated rings. The van der Waals surface area contributed by atoms with E-state index >= 15 is 8.78 Å². The van der Waals surface area contributed by atoms with Crippen LogP contribution < -0.4 is 10.1 Å². The second-order valence-corrected chi connectivity index (χ2v) is 12.0. The number of hydrogen-bond acceptors (Lipinski definition) is 10. The molecule has 0 radical (unpaired) electrons. The number of thiophene rings is 1. The zero-order valence-electron chi connectivity index (χ0n) is 22.8. The van der Waals surface area contributed by atoms with Gasteiger partial charge in [0.2, 0.25) is 0 Å². The van der Waals surface area contributed by atoms with Gasteiger partial charge in [0.1, 0.15) is 28.8 Å². The number of nitriles is 1. The summed E-state index contributed by atoms with van der Waals surface area (Å²) in [5, 5.41) is 13.2. The Bertz CT molecular complexity index is 1760. The first kappa shape index (κ1) is 27.2. The van der Waals surface area contributed by atoms with Crippen LogP contribution in [-0.4, -0.2) is 57.8 Å². The Labute approximate surface area is 237 Å². The van der Waals surface area contributed by atoms with Crippen LogP contribution in [0.3, 0.4) is 0 Å². The minimum absolute atomic E-state index is 0.0105. The number of pyridine rings is 1. The molecule has 0 unspecified atom stereocenters. The molecule has 13 heteroatoms. The highest BCUT2D eigenvalue weighted by Gasteiger charge is 2.31. The number of hydrogen-bond donors (Lipinski definition) is 1. The van der Waals surface area contributed by atoms with E-state index in [9.17, 15) is 10.1 Å². The fourth-order valence-electron chi connectivity index (χ4n) is 5.02. The largest absolute Gasteiger partial charge is 0.462 e. The first-order valence-corrected chi connectivity index (χ1v) is 13.8. The zero-order chi connectivity index (χ0) is 29.1. The van der Waals surface area contributed by atoms with Crippen LogP contribution in [0, 0.1) is 23.0 Å². The fourth-order valence-corrected chi connectivity index (χ4v) is 6.05. The molecule has 1 saturated heterocycles. The molecule has 212 valence electrons. The summed E-state index contributed by atoms with van der Waals surface area (Å²) >= 11 is 0.848. The molecule has 10 nitrogen and oxygen atoms in total. The number of nitrogens with zero attached hydrogens (tertiary/aromatic N) is 5. The van der Waals surface area contributed by atoms with Crippen LogP contribution in [-0.2, 0) is 22.7 Å². The van der Waals surface area contributed by atoms with Crippen LogP contribution in [0.1, 0.15) is 43.9 Å². The summed E-state index contributed by atoms with van der Waals surface area (Å²) < 4.78 is 48.3. The SMILES string of the molecule is CN1CC[C@H]1COc1ncc2c3c(c(-c4ncc(F)c5sc(NC(=O)OC(C)(C)C)c(C#N)c45)c(F)c2n1)COC3. The summed E-state index contributed by atoms with van der Waals surface area (Å²) in [5.74, 6) is -1.43. The van der Waals surface area contributed by atoms with Gasteiger partial charge in [-0.3, -0.25) is 15.2 Å². The Balaban J connectivity index is 1.50. The summed E-state index contributed by atoms with van der Waals surface area (Å²) in [6.07, 6.45) is 2.68. The quantitative estimate of drug-likeness (QED) is 0.325. The molecule has 0 saturated carbocycles. The minimum Gasteiger partial charge on any atom is -0.462 e. The number of fused-ring (bicyclic) bond motifs is 4. The Morgan fingerprint density at radius 1 is 1.27 bits per heavy atom.